The number of aryl methyl sites for hydroxylation is 2. The van der Waals surface area contributed by atoms with Crippen molar-refractivity contribution in [1.82, 2.24) is 0 Å². The smallest absolute Gasteiger partial charge is 0.163 e. The molecular formula is C41H48O2. The molecule has 0 spiro atoms. The Kier molecular flexibility index (Phi) is 10.6. The predicted octanol–water partition coefficient (Wildman–Crippen LogP) is 10.2. The van der Waals surface area contributed by atoms with E-state index in [2.05, 4.69) is 81.4 Å². The molecule has 3 aromatic carbocycles. The number of hydrogen-bond donors (Lipinski definition) is 0. The Hall–Kier alpha value is -3.52. The fourth-order valence-electron chi connectivity index (χ4n) is 7.26. The van der Waals surface area contributed by atoms with Gasteiger partial charge >= 0.3 is 0 Å². The van der Waals surface area contributed by atoms with Gasteiger partial charge < -0.3 is 0 Å². The van der Waals surface area contributed by atoms with E-state index in [1.807, 2.05) is 24.3 Å². The zero-order chi connectivity index (χ0) is 30.2. The highest BCUT2D eigenvalue weighted by molar-refractivity contribution is 5.99. The van der Waals surface area contributed by atoms with Crippen molar-refractivity contribution in [2.45, 2.75) is 103 Å². The summed E-state index contributed by atoms with van der Waals surface area (Å²) < 4.78 is 0. The summed E-state index contributed by atoms with van der Waals surface area (Å²) in [6, 6.07) is 23.8. The molecule has 5 rings (SSSR count). The van der Waals surface area contributed by atoms with Crippen LogP contribution in [0.3, 0.4) is 0 Å². The first-order valence-electron chi connectivity index (χ1n) is 16.6. The first-order valence-corrected chi connectivity index (χ1v) is 16.6. The van der Waals surface area contributed by atoms with Gasteiger partial charge in [0.25, 0.3) is 0 Å². The summed E-state index contributed by atoms with van der Waals surface area (Å²) in [6.45, 7) is 6.75. The molecule has 0 amide bonds. The maximum atomic E-state index is 13.5. The van der Waals surface area contributed by atoms with E-state index in [1.54, 1.807) is 0 Å². The van der Waals surface area contributed by atoms with Crippen LogP contribution in [0.5, 0.6) is 0 Å². The Morgan fingerprint density at radius 2 is 1.51 bits per heavy atom. The number of hydrogen-bond acceptors (Lipinski definition) is 2. The number of rotatable bonds is 13. The van der Waals surface area contributed by atoms with Gasteiger partial charge in [0.05, 0.1) is 0 Å². The van der Waals surface area contributed by atoms with E-state index in [4.69, 9.17) is 0 Å². The summed E-state index contributed by atoms with van der Waals surface area (Å²) in [5.41, 5.74) is 9.41. The molecule has 1 saturated carbocycles. The molecule has 0 atom stereocenters. The average Bonchev–Trinajstić information content (AvgIpc) is 3.59. The van der Waals surface area contributed by atoms with Crippen LogP contribution in [0.1, 0.15) is 121 Å². The van der Waals surface area contributed by atoms with Gasteiger partial charge in [0, 0.05) is 18.4 Å². The normalized spacial score (nSPS) is 18.2. The summed E-state index contributed by atoms with van der Waals surface area (Å²) in [6.07, 6.45) is 16.3. The lowest BCUT2D eigenvalue weighted by molar-refractivity contribution is -0.115. The van der Waals surface area contributed by atoms with Crippen molar-refractivity contribution in [3.05, 3.63) is 129 Å². The van der Waals surface area contributed by atoms with E-state index < -0.39 is 0 Å². The summed E-state index contributed by atoms with van der Waals surface area (Å²) >= 11 is 0. The molecule has 0 radical (unpaired) electrons. The van der Waals surface area contributed by atoms with Gasteiger partial charge in [-0.15, -0.1) is 0 Å². The van der Waals surface area contributed by atoms with E-state index in [9.17, 15) is 9.59 Å². The fourth-order valence-corrected chi connectivity index (χ4v) is 7.26. The molecule has 0 N–H and O–H groups in total. The summed E-state index contributed by atoms with van der Waals surface area (Å²) in [5.74, 6) is 2.09. The summed E-state index contributed by atoms with van der Waals surface area (Å²) in [7, 11) is 0. The lowest BCUT2D eigenvalue weighted by atomic mass is 9.74. The summed E-state index contributed by atoms with van der Waals surface area (Å²) in [5, 5.41) is 0. The van der Waals surface area contributed by atoms with Gasteiger partial charge in [-0.25, -0.2) is 0 Å². The number of ketones is 2. The lowest BCUT2D eigenvalue weighted by Crippen LogP contribution is -2.16. The van der Waals surface area contributed by atoms with Crippen molar-refractivity contribution in [1.29, 1.82) is 0 Å². The molecular weight excluding hydrogens is 524 g/mol. The van der Waals surface area contributed by atoms with Crippen LogP contribution in [0, 0.1) is 12.8 Å². The van der Waals surface area contributed by atoms with Gasteiger partial charge in [0.1, 0.15) is 0 Å². The first kappa shape index (κ1) is 30.9. The van der Waals surface area contributed by atoms with Crippen molar-refractivity contribution in [3.63, 3.8) is 0 Å². The SMILES string of the molecule is CCC(CC)Cc1cccc(CCC(=O)c2ccc(C3CCC(c4ccccc4C)CC3)c(CC(=O)C3=CC=CC3)c2)c1. The van der Waals surface area contributed by atoms with Crippen LogP contribution in [0.4, 0.5) is 0 Å². The van der Waals surface area contributed by atoms with E-state index >= 15 is 0 Å². The highest BCUT2D eigenvalue weighted by Crippen LogP contribution is 2.42. The Labute approximate surface area is 259 Å². The number of allylic oxidation sites excluding steroid dienone is 4. The quantitative estimate of drug-likeness (QED) is 0.191. The standard InChI is InChI=1S/C41H48O2/c1-4-30(5-2)25-32-13-10-12-31(26-32)17-24-40(42)36-22-23-39(37(27-36)28-41(43)35-14-7-8-15-35)34-20-18-33(19-21-34)38-16-9-6-11-29(38)3/h6-14,16,22-23,26-27,30,33-34H,4-5,15,17-21,24-25,28H2,1-3H3. The van der Waals surface area contributed by atoms with E-state index in [0.717, 1.165) is 55.2 Å². The minimum Gasteiger partial charge on any atom is -0.294 e. The van der Waals surface area contributed by atoms with E-state index in [1.165, 1.54) is 40.7 Å². The minimum atomic E-state index is 0.163. The number of Topliss-reactive ketones (excluding diaryl/α,β-unsaturated/α-hetero) is 2. The largest absolute Gasteiger partial charge is 0.294 e. The molecule has 0 aromatic heterocycles. The molecule has 0 aliphatic heterocycles. The van der Waals surface area contributed by atoms with Gasteiger partial charge in [-0.2, -0.15) is 0 Å². The van der Waals surface area contributed by atoms with Gasteiger partial charge in [0.2, 0.25) is 0 Å². The molecule has 224 valence electrons. The highest BCUT2D eigenvalue weighted by atomic mass is 16.1. The molecule has 0 unspecified atom stereocenters. The monoisotopic (exact) mass is 572 g/mol. The zero-order valence-electron chi connectivity index (χ0n) is 26.4. The number of carbonyl (C=O) groups excluding carboxylic acids is 2. The van der Waals surface area contributed by atoms with E-state index in [0.29, 0.717) is 37.0 Å². The molecule has 1 fully saturated rings. The molecule has 2 heteroatoms. The molecule has 3 aromatic rings. The van der Waals surface area contributed by atoms with Crippen LogP contribution >= 0.6 is 0 Å². The van der Waals surface area contributed by atoms with Gasteiger partial charge in [-0.1, -0.05) is 106 Å². The Balaban J connectivity index is 1.30. The topological polar surface area (TPSA) is 34.1 Å². The maximum absolute atomic E-state index is 13.5. The van der Waals surface area contributed by atoms with Crippen molar-refractivity contribution in [3.8, 4) is 0 Å². The van der Waals surface area contributed by atoms with Crippen molar-refractivity contribution in [2.24, 2.45) is 5.92 Å². The third-order valence-electron chi connectivity index (χ3n) is 10.1. The van der Waals surface area contributed by atoms with Crippen molar-refractivity contribution >= 4 is 11.6 Å². The minimum absolute atomic E-state index is 0.163. The van der Waals surface area contributed by atoms with Crippen LogP contribution in [-0.4, -0.2) is 11.6 Å². The van der Waals surface area contributed by atoms with Crippen LogP contribution in [0.2, 0.25) is 0 Å². The van der Waals surface area contributed by atoms with Crippen molar-refractivity contribution < 1.29 is 9.59 Å². The Bertz CT molecular complexity index is 1480. The van der Waals surface area contributed by atoms with Crippen LogP contribution in [0.25, 0.3) is 0 Å². The average molecular weight is 573 g/mol. The Morgan fingerprint density at radius 1 is 0.791 bits per heavy atom. The molecule has 2 aliphatic carbocycles. The zero-order valence-corrected chi connectivity index (χ0v) is 26.4. The predicted molar refractivity (Wildman–Crippen MR) is 179 cm³/mol. The number of carbonyl (C=O) groups is 2. The molecule has 43 heavy (non-hydrogen) atoms. The molecule has 2 aliphatic rings. The van der Waals surface area contributed by atoms with Crippen LogP contribution in [-0.2, 0) is 24.1 Å². The van der Waals surface area contributed by atoms with Gasteiger partial charge in [-0.3, -0.25) is 9.59 Å². The van der Waals surface area contributed by atoms with Crippen LogP contribution < -0.4 is 0 Å². The summed E-state index contributed by atoms with van der Waals surface area (Å²) in [4.78, 5) is 26.8. The fraction of sp³-hybridized carbons (Fsp3) is 0.415. The third kappa shape index (κ3) is 7.91. The number of benzene rings is 3. The molecule has 2 nitrogen and oxygen atoms in total. The van der Waals surface area contributed by atoms with Gasteiger partial charge in [-0.05, 0) is 115 Å². The van der Waals surface area contributed by atoms with Crippen molar-refractivity contribution in [2.75, 3.05) is 0 Å². The second-order valence-electron chi connectivity index (χ2n) is 12.9. The van der Waals surface area contributed by atoms with E-state index in [-0.39, 0.29) is 11.6 Å². The lowest BCUT2D eigenvalue weighted by Gasteiger charge is -2.31. The highest BCUT2D eigenvalue weighted by Gasteiger charge is 2.27. The molecule has 0 saturated heterocycles. The second-order valence-corrected chi connectivity index (χ2v) is 12.9. The molecule has 0 heterocycles. The molecule has 0 bridgehead atoms. The first-order chi connectivity index (χ1) is 20.9. The Morgan fingerprint density at radius 3 is 2.21 bits per heavy atom. The maximum Gasteiger partial charge on any atom is 0.163 e. The van der Waals surface area contributed by atoms with Crippen LogP contribution in [0.15, 0.2) is 90.5 Å². The third-order valence-corrected chi connectivity index (χ3v) is 10.1. The second kappa shape index (κ2) is 14.8. The van der Waals surface area contributed by atoms with Gasteiger partial charge in [0.15, 0.2) is 11.6 Å².